The number of phenolic OH excluding ortho intramolecular Hbond substituents is 1. The molecule has 11 heteroatoms. The van der Waals surface area contributed by atoms with Gasteiger partial charge >= 0.3 is 0 Å². The molecule has 3 atom stereocenters. The first kappa shape index (κ1) is 23.2. The number of allylic oxidation sites excluding steroid dienone is 2. The molecule has 10 nitrogen and oxygen atoms in total. The van der Waals surface area contributed by atoms with Crippen LogP contribution in [0.3, 0.4) is 0 Å². The number of ketones is 2. The van der Waals surface area contributed by atoms with Gasteiger partial charge in [0.25, 0.3) is 0 Å². The van der Waals surface area contributed by atoms with Gasteiger partial charge in [0.1, 0.15) is 28.9 Å². The number of carbonyl (C=O) groups excluding carboxylic acids is 2. The first-order chi connectivity index (χ1) is 15.2. The summed E-state index contributed by atoms with van der Waals surface area (Å²) in [7, 11) is 1.29. The Morgan fingerprint density at radius 2 is 2.19 bits per heavy atom. The van der Waals surface area contributed by atoms with Crippen molar-refractivity contribution in [2.24, 2.45) is 11.8 Å². The summed E-state index contributed by atoms with van der Waals surface area (Å²) in [4.78, 5) is 25.4. The van der Waals surface area contributed by atoms with E-state index in [1.54, 1.807) is 6.92 Å². The van der Waals surface area contributed by atoms with E-state index in [0.29, 0.717) is 0 Å². The lowest BCUT2D eigenvalue weighted by Gasteiger charge is -2.26. The summed E-state index contributed by atoms with van der Waals surface area (Å²) in [5.41, 5.74) is -0.180. The number of halogens is 1. The monoisotopic (exact) mass is 461 g/mol. The minimum atomic E-state index is -1.14. The SMILES string of the molecule is CCOc1cc(-c2nnc([C@H](C)O)o2)c(Cl)c(O)c1C(=O)C1C(OC)=CC(=O)C[C@H]1C#N. The minimum absolute atomic E-state index is 0.0123. The number of phenols is 1. The predicted octanol–water partition coefficient (Wildman–Crippen LogP) is 2.99. The zero-order valence-corrected chi connectivity index (χ0v) is 18.2. The summed E-state index contributed by atoms with van der Waals surface area (Å²) in [6.45, 7) is 3.25. The van der Waals surface area contributed by atoms with Crippen molar-refractivity contribution in [1.29, 1.82) is 5.26 Å². The van der Waals surface area contributed by atoms with Crippen molar-refractivity contribution in [3.05, 3.63) is 34.4 Å². The van der Waals surface area contributed by atoms with Crippen molar-refractivity contribution in [2.45, 2.75) is 26.4 Å². The second-order valence-corrected chi connectivity index (χ2v) is 7.39. The molecule has 1 aliphatic rings. The van der Waals surface area contributed by atoms with E-state index in [1.165, 1.54) is 26.2 Å². The molecular formula is C21H20ClN3O7. The van der Waals surface area contributed by atoms with Crippen LogP contribution in [0.5, 0.6) is 11.5 Å². The number of aromatic nitrogens is 2. The highest BCUT2D eigenvalue weighted by molar-refractivity contribution is 6.35. The van der Waals surface area contributed by atoms with Crippen molar-refractivity contribution >= 4 is 23.2 Å². The fourth-order valence-corrected chi connectivity index (χ4v) is 3.64. The summed E-state index contributed by atoms with van der Waals surface area (Å²) in [6, 6.07) is 3.31. The van der Waals surface area contributed by atoms with Crippen molar-refractivity contribution in [2.75, 3.05) is 13.7 Å². The molecule has 0 saturated heterocycles. The second-order valence-electron chi connectivity index (χ2n) is 7.01. The highest BCUT2D eigenvalue weighted by Crippen LogP contribution is 2.45. The predicted molar refractivity (Wildman–Crippen MR) is 110 cm³/mol. The normalized spacial score (nSPS) is 19.1. The van der Waals surface area contributed by atoms with Crippen molar-refractivity contribution in [1.82, 2.24) is 10.2 Å². The third-order valence-corrected chi connectivity index (χ3v) is 5.28. The Morgan fingerprint density at radius 1 is 1.47 bits per heavy atom. The molecule has 0 radical (unpaired) electrons. The number of aliphatic hydroxyl groups excluding tert-OH is 1. The van der Waals surface area contributed by atoms with Gasteiger partial charge in [0.2, 0.25) is 11.8 Å². The fourth-order valence-electron chi connectivity index (χ4n) is 3.41. The van der Waals surface area contributed by atoms with Crippen LogP contribution in [-0.4, -0.2) is 45.7 Å². The van der Waals surface area contributed by atoms with Crippen LogP contribution in [0.25, 0.3) is 11.5 Å². The molecule has 0 bridgehead atoms. The maximum absolute atomic E-state index is 13.5. The lowest BCUT2D eigenvalue weighted by Crippen LogP contribution is -2.31. The van der Waals surface area contributed by atoms with Crippen LogP contribution in [-0.2, 0) is 9.53 Å². The van der Waals surface area contributed by atoms with E-state index >= 15 is 0 Å². The molecule has 1 aromatic carbocycles. The number of Topliss-reactive ketones (excluding diaryl/α,β-unsaturated/α-hetero) is 1. The summed E-state index contributed by atoms with van der Waals surface area (Å²) in [6.07, 6.45) is -0.0211. The van der Waals surface area contributed by atoms with E-state index in [-0.39, 0.29) is 58.3 Å². The number of nitrogens with zero attached hydrogens (tertiary/aromatic N) is 3. The summed E-state index contributed by atoms with van der Waals surface area (Å²) in [5.74, 6) is -3.96. The number of aliphatic hydroxyl groups is 1. The van der Waals surface area contributed by atoms with Gasteiger partial charge in [-0.05, 0) is 19.9 Å². The molecule has 1 aliphatic carbocycles. The van der Waals surface area contributed by atoms with Gasteiger partial charge in [-0.25, -0.2) is 0 Å². The lowest BCUT2D eigenvalue weighted by molar-refractivity contribution is -0.116. The topological polar surface area (TPSA) is 156 Å². The standard InChI is InChI=1S/C21H20ClN3O7/c1-4-31-14-7-12(21-25-24-20(32-21)9(2)26)17(22)19(29)16(14)18(28)15-10(8-23)5-11(27)6-13(15)30-3/h6-7,9-10,15,26,29H,4-5H2,1-3H3/t9-,10-,15?/m0/s1. The van der Waals surface area contributed by atoms with Crippen LogP contribution >= 0.6 is 11.6 Å². The number of hydrogen-bond acceptors (Lipinski definition) is 10. The Kier molecular flexibility index (Phi) is 6.81. The molecule has 1 aromatic heterocycles. The second kappa shape index (κ2) is 9.38. The third-order valence-electron chi connectivity index (χ3n) is 4.89. The van der Waals surface area contributed by atoms with Gasteiger partial charge in [0.15, 0.2) is 11.6 Å². The number of benzene rings is 1. The van der Waals surface area contributed by atoms with E-state index < -0.39 is 29.5 Å². The average Bonchev–Trinajstić information content (AvgIpc) is 3.25. The zero-order valence-electron chi connectivity index (χ0n) is 17.5. The third kappa shape index (κ3) is 4.17. The molecule has 1 unspecified atom stereocenters. The van der Waals surface area contributed by atoms with Gasteiger partial charge < -0.3 is 24.1 Å². The van der Waals surface area contributed by atoms with Crippen molar-refractivity contribution in [3.8, 4) is 29.0 Å². The number of carbonyl (C=O) groups is 2. The van der Waals surface area contributed by atoms with E-state index in [2.05, 4.69) is 10.2 Å². The maximum Gasteiger partial charge on any atom is 0.249 e. The Balaban J connectivity index is 2.16. The molecule has 0 saturated carbocycles. The summed E-state index contributed by atoms with van der Waals surface area (Å²) in [5, 5.41) is 37.2. The lowest BCUT2D eigenvalue weighted by atomic mass is 9.78. The molecule has 3 rings (SSSR count). The van der Waals surface area contributed by atoms with Crippen molar-refractivity contribution in [3.63, 3.8) is 0 Å². The van der Waals surface area contributed by atoms with Gasteiger partial charge in [-0.2, -0.15) is 5.26 Å². The summed E-state index contributed by atoms with van der Waals surface area (Å²) >= 11 is 6.33. The van der Waals surface area contributed by atoms with E-state index in [1.807, 2.05) is 6.07 Å². The van der Waals surface area contributed by atoms with Crippen LogP contribution in [0, 0.1) is 23.2 Å². The molecule has 0 fully saturated rings. The molecule has 0 spiro atoms. The Morgan fingerprint density at radius 3 is 2.75 bits per heavy atom. The van der Waals surface area contributed by atoms with Crippen molar-refractivity contribution < 1.29 is 33.7 Å². The summed E-state index contributed by atoms with van der Waals surface area (Å²) < 4.78 is 16.1. The number of rotatable bonds is 7. The van der Waals surface area contributed by atoms with Crippen LogP contribution in [0.2, 0.25) is 5.02 Å². The van der Waals surface area contributed by atoms with Crippen LogP contribution < -0.4 is 4.74 Å². The quantitative estimate of drug-likeness (QED) is 0.587. The first-order valence-corrected chi connectivity index (χ1v) is 10.0. The molecule has 32 heavy (non-hydrogen) atoms. The van der Waals surface area contributed by atoms with Crippen LogP contribution in [0.1, 0.15) is 42.6 Å². The average molecular weight is 462 g/mol. The number of aromatic hydroxyl groups is 1. The van der Waals surface area contributed by atoms with E-state index in [0.717, 1.165) is 0 Å². The smallest absolute Gasteiger partial charge is 0.249 e. The van der Waals surface area contributed by atoms with Gasteiger partial charge in [-0.1, -0.05) is 11.6 Å². The van der Waals surface area contributed by atoms with Gasteiger partial charge in [0.05, 0.1) is 42.2 Å². The van der Waals surface area contributed by atoms with Crippen LogP contribution in [0.15, 0.2) is 22.3 Å². The molecule has 2 N–H and O–H groups in total. The highest BCUT2D eigenvalue weighted by atomic mass is 35.5. The Labute approximate surface area is 188 Å². The van der Waals surface area contributed by atoms with E-state index in [9.17, 15) is 25.1 Å². The zero-order chi connectivity index (χ0) is 23.6. The first-order valence-electron chi connectivity index (χ1n) is 9.65. The molecule has 0 amide bonds. The minimum Gasteiger partial charge on any atom is -0.505 e. The molecular weight excluding hydrogens is 442 g/mol. The fraction of sp³-hybridized carbons (Fsp3) is 0.381. The Hall–Kier alpha value is -3.42. The van der Waals surface area contributed by atoms with E-state index in [4.69, 9.17) is 25.5 Å². The maximum atomic E-state index is 13.5. The van der Waals surface area contributed by atoms with Gasteiger partial charge in [0, 0.05) is 12.5 Å². The van der Waals surface area contributed by atoms with Crippen LogP contribution in [0.4, 0.5) is 0 Å². The number of hydrogen-bond donors (Lipinski definition) is 2. The number of nitriles is 1. The van der Waals surface area contributed by atoms with Gasteiger partial charge in [-0.3, -0.25) is 9.59 Å². The largest absolute Gasteiger partial charge is 0.505 e. The molecule has 1 heterocycles. The molecule has 2 aromatic rings. The molecule has 0 aliphatic heterocycles. The Bertz CT molecular complexity index is 1130. The molecule has 168 valence electrons. The number of methoxy groups -OCH3 is 1. The highest BCUT2D eigenvalue weighted by Gasteiger charge is 2.41. The number of ether oxygens (including phenoxy) is 2. The van der Waals surface area contributed by atoms with Gasteiger partial charge in [-0.15, -0.1) is 10.2 Å².